The molecule has 0 saturated carbocycles. The molecule has 0 radical (unpaired) electrons. The maximum atomic E-state index is 9.74. The Labute approximate surface area is 104 Å². The number of rotatable bonds is 3. The van der Waals surface area contributed by atoms with Crippen LogP contribution in [0.2, 0.25) is 0 Å². The van der Waals surface area contributed by atoms with Gasteiger partial charge in [-0.05, 0) is 18.2 Å². The van der Waals surface area contributed by atoms with Crippen molar-refractivity contribution in [2.75, 3.05) is 0 Å². The van der Waals surface area contributed by atoms with Gasteiger partial charge in [-0.25, -0.2) is 0 Å². The van der Waals surface area contributed by atoms with Gasteiger partial charge in [0.15, 0.2) is 11.5 Å². The van der Waals surface area contributed by atoms with E-state index in [0.29, 0.717) is 11.3 Å². The molecule has 0 heterocycles. The number of benzene rings is 2. The molecular weight excluding hydrogens is 240 g/mol. The standard InChI is InChI=1S/C13H11ClO3/c14-8-9-6-7-11(15)12(16)13(9)17-10-4-2-1-3-5-10/h1-7,15-16H,8H2. The van der Waals surface area contributed by atoms with E-state index in [-0.39, 0.29) is 23.1 Å². The average Bonchev–Trinajstić information content (AvgIpc) is 2.37. The predicted molar refractivity (Wildman–Crippen MR) is 65.8 cm³/mol. The molecule has 0 spiro atoms. The van der Waals surface area contributed by atoms with Gasteiger partial charge in [-0.15, -0.1) is 11.6 Å². The van der Waals surface area contributed by atoms with Crippen LogP contribution in [-0.4, -0.2) is 10.2 Å². The molecule has 0 bridgehead atoms. The lowest BCUT2D eigenvalue weighted by atomic mass is 10.2. The lowest BCUT2D eigenvalue weighted by molar-refractivity contribution is 0.371. The summed E-state index contributed by atoms with van der Waals surface area (Å²) >= 11 is 5.75. The molecule has 4 heteroatoms. The molecule has 0 fully saturated rings. The molecule has 0 aromatic heterocycles. The van der Waals surface area contributed by atoms with Crippen LogP contribution in [0.15, 0.2) is 42.5 Å². The summed E-state index contributed by atoms with van der Waals surface area (Å²) in [5.41, 5.74) is 0.616. The van der Waals surface area contributed by atoms with Crippen LogP contribution in [0.3, 0.4) is 0 Å². The van der Waals surface area contributed by atoms with E-state index in [4.69, 9.17) is 16.3 Å². The molecule has 0 saturated heterocycles. The van der Waals surface area contributed by atoms with Gasteiger partial charge in [0.05, 0.1) is 5.88 Å². The van der Waals surface area contributed by atoms with Crippen molar-refractivity contribution < 1.29 is 14.9 Å². The monoisotopic (exact) mass is 250 g/mol. The molecule has 3 nitrogen and oxygen atoms in total. The van der Waals surface area contributed by atoms with Gasteiger partial charge in [0.1, 0.15) is 5.75 Å². The first-order chi connectivity index (χ1) is 8.22. The van der Waals surface area contributed by atoms with Crippen molar-refractivity contribution >= 4 is 11.6 Å². The Hall–Kier alpha value is -1.87. The van der Waals surface area contributed by atoms with Crippen molar-refractivity contribution in [1.82, 2.24) is 0 Å². The van der Waals surface area contributed by atoms with E-state index < -0.39 is 0 Å². The Balaban J connectivity index is 2.41. The normalized spacial score (nSPS) is 10.2. The van der Waals surface area contributed by atoms with E-state index in [1.54, 1.807) is 18.2 Å². The fraction of sp³-hybridized carbons (Fsp3) is 0.0769. The van der Waals surface area contributed by atoms with Crippen molar-refractivity contribution in [1.29, 1.82) is 0 Å². The van der Waals surface area contributed by atoms with E-state index in [1.165, 1.54) is 6.07 Å². The first kappa shape index (κ1) is 11.6. The first-order valence-corrected chi connectivity index (χ1v) is 5.58. The molecule has 17 heavy (non-hydrogen) atoms. The molecule has 2 N–H and O–H groups in total. The minimum Gasteiger partial charge on any atom is -0.504 e. The van der Waals surface area contributed by atoms with Crippen LogP contribution in [0.5, 0.6) is 23.0 Å². The topological polar surface area (TPSA) is 49.7 Å². The fourth-order valence-corrected chi connectivity index (χ4v) is 1.64. The lowest BCUT2D eigenvalue weighted by Gasteiger charge is -2.12. The molecule has 0 aliphatic rings. The molecular formula is C13H11ClO3. The summed E-state index contributed by atoms with van der Waals surface area (Å²) in [5.74, 6) is 0.415. The minimum absolute atomic E-state index is 0.186. The molecule has 88 valence electrons. The van der Waals surface area contributed by atoms with Crippen LogP contribution in [0.25, 0.3) is 0 Å². The van der Waals surface area contributed by atoms with Gasteiger partial charge in [-0.3, -0.25) is 0 Å². The maximum Gasteiger partial charge on any atom is 0.201 e. The van der Waals surface area contributed by atoms with Gasteiger partial charge in [0, 0.05) is 5.56 Å². The zero-order valence-corrected chi connectivity index (χ0v) is 9.69. The van der Waals surface area contributed by atoms with Crippen molar-refractivity contribution in [3.63, 3.8) is 0 Å². The highest BCUT2D eigenvalue weighted by Crippen LogP contribution is 2.41. The Morgan fingerprint density at radius 3 is 2.35 bits per heavy atom. The smallest absolute Gasteiger partial charge is 0.201 e. The van der Waals surface area contributed by atoms with Gasteiger partial charge < -0.3 is 14.9 Å². The zero-order chi connectivity index (χ0) is 12.3. The second-order valence-corrected chi connectivity index (χ2v) is 3.74. The van der Waals surface area contributed by atoms with Crippen LogP contribution in [0.1, 0.15) is 5.56 Å². The SMILES string of the molecule is Oc1ccc(CCl)c(Oc2ccccc2)c1O. The second kappa shape index (κ2) is 4.97. The molecule has 2 aromatic rings. The van der Waals surface area contributed by atoms with Crippen LogP contribution in [0.4, 0.5) is 0 Å². The van der Waals surface area contributed by atoms with Crippen LogP contribution in [0, 0.1) is 0 Å². The number of ether oxygens (including phenoxy) is 1. The van der Waals surface area contributed by atoms with E-state index in [1.807, 2.05) is 18.2 Å². The van der Waals surface area contributed by atoms with Crippen LogP contribution >= 0.6 is 11.6 Å². The van der Waals surface area contributed by atoms with Gasteiger partial charge in [0.2, 0.25) is 5.75 Å². The van der Waals surface area contributed by atoms with E-state index in [2.05, 4.69) is 0 Å². The third-order valence-corrected chi connectivity index (χ3v) is 2.59. The molecule has 0 unspecified atom stereocenters. The maximum absolute atomic E-state index is 9.74. The summed E-state index contributed by atoms with van der Waals surface area (Å²) in [5, 5.41) is 19.2. The predicted octanol–water partition coefficient (Wildman–Crippen LogP) is 3.63. The summed E-state index contributed by atoms with van der Waals surface area (Å²) in [7, 11) is 0. The molecule has 2 rings (SSSR count). The first-order valence-electron chi connectivity index (χ1n) is 5.05. The number of hydrogen-bond donors (Lipinski definition) is 2. The van der Waals surface area contributed by atoms with Crippen molar-refractivity contribution in [3.8, 4) is 23.0 Å². The summed E-state index contributed by atoms with van der Waals surface area (Å²) in [4.78, 5) is 0. The number of phenolic OH excluding ortho intramolecular Hbond substituents is 2. The summed E-state index contributed by atoms with van der Waals surface area (Å²) < 4.78 is 5.52. The Morgan fingerprint density at radius 2 is 1.71 bits per heavy atom. The number of alkyl halides is 1. The molecule has 0 atom stereocenters. The quantitative estimate of drug-likeness (QED) is 0.646. The van der Waals surface area contributed by atoms with Gasteiger partial charge >= 0.3 is 0 Å². The molecule has 0 aliphatic carbocycles. The average molecular weight is 251 g/mol. The number of phenols is 2. The lowest BCUT2D eigenvalue weighted by Crippen LogP contribution is -1.90. The van der Waals surface area contributed by atoms with Gasteiger partial charge in [-0.1, -0.05) is 24.3 Å². The van der Waals surface area contributed by atoms with Crippen LogP contribution < -0.4 is 4.74 Å². The molecule has 2 aromatic carbocycles. The fourth-order valence-electron chi connectivity index (χ4n) is 1.43. The molecule has 0 aliphatic heterocycles. The summed E-state index contributed by atoms with van der Waals surface area (Å²) in [6.45, 7) is 0. The second-order valence-electron chi connectivity index (χ2n) is 3.47. The summed E-state index contributed by atoms with van der Waals surface area (Å²) in [6.07, 6.45) is 0. The highest BCUT2D eigenvalue weighted by atomic mass is 35.5. The van der Waals surface area contributed by atoms with Gasteiger partial charge in [0.25, 0.3) is 0 Å². The van der Waals surface area contributed by atoms with Crippen molar-refractivity contribution in [2.45, 2.75) is 5.88 Å². The number of para-hydroxylation sites is 1. The third kappa shape index (κ3) is 2.45. The summed E-state index contributed by atoms with van der Waals surface area (Å²) in [6, 6.07) is 12.0. The highest BCUT2D eigenvalue weighted by Gasteiger charge is 2.13. The van der Waals surface area contributed by atoms with E-state index >= 15 is 0 Å². The van der Waals surface area contributed by atoms with E-state index in [9.17, 15) is 10.2 Å². The van der Waals surface area contributed by atoms with Crippen molar-refractivity contribution in [3.05, 3.63) is 48.0 Å². The van der Waals surface area contributed by atoms with Crippen LogP contribution in [-0.2, 0) is 5.88 Å². The van der Waals surface area contributed by atoms with Crippen molar-refractivity contribution in [2.24, 2.45) is 0 Å². The third-order valence-electron chi connectivity index (χ3n) is 2.30. The number of aromatic hydroxyl groups is 2. The Bertz CT molecular complexity index is 512. The zero-order valence-electron chi connectivity index (χ0n) is 8.93. The minimum atomic E-state index is -0.299. The molecule has 0 amide bonds. The van der Waals surface area contributed by atoms with E-state index in [0.717, 1.165) is 0 Å². The Morgan fingerprint density at radius 1 is 1.00 bits per heavy atom. The highest BCUT2D eigenvalue weighted by molar-refractivity contribution is 6.17. The van der Waals surface area contributed by atoms with Gasteiger partial charge in [-0.2, -0.15) is 0 Å². The number of halogens is 1. The number of hydrogen-bond acceptors (Lipinski definition) is 3. The largest absolute Gasteiger partial charge is 0.504 e. The Kier molecular flexibility index (Phi) is 3.40.